The Morgan fingerprint density at radius 3 is 1.90 bits per heavy atom. The van der Waals surface area contributed by atoms with Gasteiger partial charge in [0.15, 0.2) is 0 Å². The van der Waals surface area contributed by atoms with Gasteiger partial charge in [-0.25, -0.2) is 4.79 Å². The van der Waals surface area contributed by atoms with Gasteiger partial charge in [0.2, 0.25) is 5.91 Å². The van der Waals surface area contributed by atoms with Crippen molar-refractivity contribution in [3.05, 3.63) is 59.2 Å². The summed E-state index contributed by atoms with van der Waals surface area (Å²) in [6, 6.07) is 12.2. The van der Waals surface area contributed by atoms with Crippen molar-refractivity contribution in [1.29, 1.82) is 0 Å². The number of rotatable bonds is 6. The molecule has 0 aliphatic carbocycles. The molecule has 0 heterocycles. The van der Waals surface area contributed by atoms with E-state index in [4.69, 9.17) is 0 Å². The number of hydrogen-bond acceptors (Lipinski definition) is 3. The molecular weight excluding hydrogens is 380 g/mol. The molecule has 0 unspecified atom stereocenters. The van der Waals surface area contributed by atoms with E-state index in [0.29, 0.717) is 24.3 Å². The zero-order chi connectivity index (χ0) is 22.3. The standard InChI is InChI=1S/C23H30N4O3/c1-15-12-16(2)14-19(13-15)27-22(30)25-11-10-24-20(28)17-6-8-18(9-7-17)26-21(29)23(3,4)5/h6-9,12-14H,10-11H2,1-5H3,(H,24,28)(H,26,29)(H2,25,27,30). The summed E-state index contributed by atoms with van der Waals surface area (Å²) in [6.45, 7) is 10.0. The highest BCUT2D eigenvalue weighted by Crippen LogP contribution is 2.18. The molecule has 30 heavy (non-hydrogen) atoms. The Hall–Kier alpha value is -3.35. The first-order chi connectivity index (χ1) is 14.0. The van der Waals surface area contributed by atoms with Crippen molar-refractivity contribution in [2.45, 2.75) is 34.6 Å². The predicted molar refractivity (Wildman–Crippen MR) is 120 cm³/mol. The van der Waals surface area contributed by atoms with Crippen LogP contribution in [0.5, 0.6) is 0 Å². The molecule has 4 amide bonds. The van der Waals surface area contributed by atoms with Crippen LogP contribution in [0.25, 0.3) is 0 Å². The third-order valence-corrected chi connectivity index (χ3v) is 4.26. The van der Waals surface area contributed by atoms with Crippen LogP contribution in [0.2, 0.25) is 0 Å². The molecule has 7 nitrogen and oxygen atoms in total. The molecule has 0 atom stereocenters. The number of anilines is 2. The Morgan fingerprint density at radius 1 is 0.767 bits per heavy atom. The minimum absolute atomic E-state index is 0.0927. The highest BCUT2D eigenvalue weighted by Gasteiger charge is 2.21. The lowest BCUT2D eigenvalue weighted by Gasteiger charge is -2.17. The normalized spacial score (nSPS) is 10.8. The second-order valence-corrected chi connectivity index (χ2v) is 8.29. The molecule has 0 aromatic heterocycles. The third-order valence-electron chi connectivity index (χ3n) is 4.26. The molecule has 0 saturated carbocycles. The Morgan fingerprint density at radius 2 is 1.33 bits per heavy atom. The summed E-state index contributed by atoms with van der Waals surface area (Å²) >= 11 is 0. The van der Waals surface area contributed by atoms with Gasteiger partial charge in [0, 0.05) is 35.4 Å². The number of hydrogen-bond donors (Lipinski definition) is 4. The van der Waals surface area contributed by atoms with E-state index >= 15 is 0 Å². The quantitative estimate of drug-likeness (QED) is 0.545. The summed E-state index contributed by atoms with van der Waals surface area (Å²) in [4.78, 5) is 36.2. The fourth-order valence-corrected chi connectivity index (χ4v) is 2.70. The van der Waals surface area contributed by atoms with Crippen LogP contribution in [0.1, 0.15) is 42.3 Å². The van der Waals surface area contributed by atoms with Gasteiger partial charge in [-0.2, -0.15) is 0 Å². The lowest BCUT2D eigenvalue weighted by atomic mass is 9.95. The van der Waals surface area contributed by atoms with Gasteiger partial charge in [0.25, 0.3) is 5.91 Å². The number of aryl methyl sites for hydroxylation is 2. The van der Waals surface area contributed by atoms with Crippen LogP contribution < -0.4 is 21.3 Å². The zero-order valence-electron chi connectivity index (χ0n) is 18.2. The molecule has 7 heteroatoms. The van der Waals surface area contributed by atoms with Crippen LogP contribution in [-0.2, 0) is 4.79 Å². The lowest BCUT2D eigenvalue weighted by molar-refractivity contribution is -0.123. The molecule has 0 aliphatic heterocycles. The minimum Gasteiger partial charge on any atom is -0.350 e. The van der Waals surface area contributed by atoms with E-state index in [-0.39, 0.29) is 17.8 Å². The Kier molecular flexibility index (Phi) is 7.58. The number of urea groups is 1. The van der Waals surface area contributed by atoms with Crippen LogP contribution in [0.15, 0.2) is 42.5 Å². The van der Waals surface area contributed by atoms with E-state index in [0.717, 1.165) is 16.8 Å². The zero-order valence-corrected chi connectivity index (χ0v) is 18.2. The van der Waals surface area contributed by atoms with Gasteiger partial charge in [0.1, 0.15) is 0 Å². The molecular formula is C23H30N4O3. The number of amides is 4. The number of nitrogens with one attached hydrogen (secondary N) is 4. The molecule has 160 valence electrons. The van der Waals surface area contributed by atoms with Crippen LogP contribution >= 0.6 is 0 Å². The fraction of sp³-hybridized carbons (Fsp3) is 0.348. The van der Waals surface area contributed by atoms with Crippen molar-refractivity contribution in [2.24, 2.45) is 5.41 Å². The highest BCUT2D eigenvalue weighted by molar-refractivity contribution is 5.97. The van der Waals surface area contributed by atoms with Crippen molar-refractivity contribution >= 4 is 29.2 Å². The van der Waals surface area contributed by atoms with Gasteiger partial charge in [-0.1, -0.05) is 26.8 Å². The van der Waals surface area contributed by atoms with E-state index in [1.165, 1.54) is 0 Å². The van der Waals surface area contributed by atoms with E-state index in [1.807, 2.05) is 52.8 Å². The Bertz CT molecular complexity index is 895. The fourth-order valence-electron chi connectivity index (χ4n) is 2.70. The summed E-state index contributed by atoms with van der Waals surface area (Å²) in [7, 11) is 0. The maximum absolute atomic E-state index is 12.2. The molecule has 2 aromatic rings. The highest BCUT2D eigenvalue weighted by atomic mass is 16.2. The third kappa shape index (κ3) is 7.24. The van der Waals surface area contributed by atoms with Gasteiger partial charge in [-0.15, -0.1) is 0 Å². The first-order valence-corrected chi connectivity index (χ1v) is 9.87. The van der Waals surface area contributed by atoms with Crippen LogP contribution in [0.4, 0.5) is 16.2 Å². The molecule has 4 N–H and O–H groups in total. The van der Waals surface area contributed by atoms with E-state index in [1.54, 1.807) is 24.3 Å². The van der Waals surface area contributed by atoms with Crippen LogP contribution in [0, 0.1) is 19.3 Å². The van der Waals surface area contributed by atoms with Crippen molar-refractivity contribution in [1.82, 2.24) is 10.6 Å². The van der Waals surface area contributed by atoms with Gasteiger partial charge >= 0.3 is 6.03 Å². The van der Waals surface area contributed by atoms with Crippen LogP contribution in [-0.4, -0.2) is 30.9 Å². The lowest BCUT2D eigenvalue weighted by Crippen LogP contribution is -2.36. The smallest absolute Gasteiger partial charge is 0.319 e. The van der Waals surface area contributed by atoms with E-state index in [2.05, 4.69) is 21.3 Å². The van der Waals surface area contributed by atoms with E-state index < -0.39 is 5.41 Å². The predicted octanol–water partition coefficient (Wildman–Crippen LogP) is 3.84. The second kappa shape index (κ2) is 9.91. The second-order valence-electron chi connectivity index (χ2n) is 8.29. The summed E-state index contributed by atoms with van der Waals surface area (Å²) in [6.07, 6.45) is 0. The summed E-state index contributed by atoms with van der Waals surface area (Å²) < 4.78 is 0. The van der Waals surface area contributed by atoms with Crippen molar-refractivity contribution < 1.29 is 14.4 Å². The largest absolute Gasteiger partial charge is 0.350 e. The molecule has 0 fully saturated rings. The average molecular weight is 411 g/mol. The molecule has 0 spiro atoms. The number of carbonyl (C=O) groups excluding carboxylic acids is 3. The molecule has 0 radical (unpaired) electrons. The maximum atomic E-state index is 12.2. The molecule has 0 saturated heterocycles. The van der Waals surface area contributed by atoms with Gasteiger partial charge in [-0.3, -0.25) is 9.59 Å². The van der Waals surface area contributed by atoms with Crippen LogP contribution in [0.3, 0.4) is 0 Å². The topological polar surface area (TPSA) is 99.3 Å². The minimum atomic E-state index is -0.493. The number of carbonyl (C=O) groups is 3. The van der Waals surface area contributed by atoms with Gasteiger partial charge in [-0.05, 0) is 61.4 Å². The summed E-state index contributed by atoms with van der Waals surface area (Å²) in [5.74, 6) is -0.343. The monoisotopic (exact) mass is 410 g/mol. The molecule has 0 bridgehead atoms. The van der Waals surface area contributed by atoms with Crippen molar-refractivity contribution in [3.63, 3.8) is 0 Å². The Labute approximate surface area is 177 Å². The SMILES string of the molecule is Cc1cc(C)cc(NC(=O)NCCNC(=O)c2ccc(NC(=O)C(C)(C)C)cc2)c1. The average Bonchev–Trinajstić information content (AvgIpc) is 2.64. The number of benzene rings is 2. The first kappa shape index (κ1) is 22.9. The summed E-state index contributed by atoms with van der Waals surface area (Å²) in [5.41, 5.74) is 3.49. The first-order valence-electron chi connectivity index (χ1n) is 9.87. The van der Waals surface area contributed by atoms with E-state index in [9.17, 15) is 14.4 Å². The maximum Gasteiger partial charge on any atom is 0.319 e. The molecule has 0 aliphatic rings. The van der Waals surface area contributed by atoms with Crippen molar-refractivity contribution in [3.8, 4) is 0 Å². The Balaban J connectivity index is 1.75. The van der Waals surface area contributed by atoms with Crippen molar-refractivity contribution in [2.75, 3.05) is 23.7 Å². The molecule has 2 aromatic carbocycles. The van der Waals surface area contributed by atoms with Gasteiger partial charge < -0.3 is 21.3 Å². The summed E-state index contributed by atoms with van der Waals surface area (Å²) in [5, 5.41) is 11.1. The molecule has 2 rings (SSSR count). The van der Waals surface area contributed by atoms with Gasteiger partial charge in [0.05, 0.1) is 0 Å².